The lowest BCUT2D eigenvalue weighted by molar-refractivity contribution is 0.679. The molecule has 0 radical (unpaired) electrons. The molecule has 0 spiro atoms. The van der Waals surface area contributed by atoms with Gasteiger partial charge in [-0.3, -0.25) is 4.21 Å². The predicted molar refractivity (Wildman–Crippen MR) is 75.1 cm³/mol. The highest BCUT2D eigenvalue weighted by atomic mass is 32.2. The lowest BCUT2D eigenvalue weighted by Gasteiger charge is -2.04. The molecule has 0 N–H and O–H groups in total. The second-order valence-electron chi connectivity index (χ2n) is 4.36. The molecule has 1 heterocycles. The van der Waals surface area contributed by atoms with Crippen LogP contribution in [0, 0.1) is 0 Å². The van der Waals surface area contributed by atoms with Gasteiger partial charge in [0.05, 0.1) is 16.6 Å². The third-order valence-corrected chi connectivity index (χ3v) is 4.35. The van der Waals surface area contributed by atoms with Crippen LogP contribution in [0.2, 0.25) is 0 Å². The summed E-state index contributed by atoms with van der Waals surface area (Å²) in [5.74, 6) is 1.11. The molecule has 4 nitrogen and oxygen atoms in total. The Morgan fingerprint density at radius 3 is 2.68 bits per heavy atom. The van der Waals surface area contributed by atoms with Crippen LogP contribution in [-0.2, 0) is 23.6 Å². The van der Waals surface area contributed by atoms with Crippen LogP contribution in [0.25, 0.3) is 10.8 Å². The van der Waals surface area contributed by atoms with Crippen molar-refractivity contribution in [3.8, 4) is 0 Å². The molecule has 0 aliphatic heterocycles. The average Bonchev–Trinajstić information content (AvgIpc) is 2.84. The van der Waals surface area contributed by atoms with E-state index in [0.29, 0.717) is 5.75 Å². The Balaban J connectivity index is 1.91. The summed E-state index contributed by atoms with van der Waals surface area (Å²) >= 11 is 0. The summed E-state index contributed by atoms with van der Waals surface area (Å²) in [6, 6.07) is 13.9. The minimum absolute atomic E-state index is 0.384. The molecule has 0 unspecified atom stereocenters. The van der Waals surface area contributed by atoms with Crippen molar-refractivity contribution in [3.05, 3.63) is 54.6 Å². The summed E-state index contributed by atoms with van der Waals surface area (Å²) in [5.41, 5.74) is 0. The predicted octanol–water partition coefficient (Wildman–Crippen LogP) is 2.28. The van der Waals surface area contributed by atoms with Crippen molar-refractivity contribution in [2.45, 2.75) is 10.6 Å². The molecule has 1 atom stereocenters. The lowest BCUT2D eigenvalue weighted by Crippen LogP contribution is -2.03. The molecule has 96 valence electrons. The highest BCUT2D eigenvalue weighted by molar-refractivity contribution is 7.84. The van der Waals surface area contributed by atoms with Crippen LogP contribution in [0.1, 0.15) is 5.82 Å². The molecule has 5 heteroatoms. The van der Waals surface area contributed by atoms with Gasteiger partial charge in [0.15, 0.2) is 0 Å². The number of rotatable bonds is 3. The summed E-state index contributed by atoms with van der Waals surface area (Å²) in [6.45, 7) is 0. The standard InChI is InChI=1S/C14H13N3OS/c1-17-10-15-16-14(17)9-19(18)13-7-6-11-4-2-3-5-12(11)8-13/h2-8,10H,9H2,1H3/t19-/m0/s1. The minimum atomic E-state index is -1.10. The summed E-state index contributed by atoms with van der Waals surface area (Å²) in [5, 5.41) is 10.0. The smallest absolute Gasteiger partial charge is 0.145 e. The molecular weight excluding hydrogens is 258 g/mol. The van der Waals surface area contributed by atoms with Crippen molar-refractivity contribution < 1.29 is 4.21 Å². The van der Waals surface area contributed by atoms with E-state index in [1.807, 2.05) is 49.5 Å². The van der Waals surface area contributed by atoms with Crippen LogP contribution in [0.15, 0.2) is 53.7 Å². The first kappa shape index (κ1) is 12.0. The van der Waals surface area contributed by atoms with E-state index in [1.165, 1.54) is 0 Å². The molecule has 3 aromatic rings. The molecule has 0 fully saturated rings. The van der Waals surface area contributed by atoms with Gasteiger partial charge in [0, 0.05) is 11.9 Å². The number of fused-ring (bicyclic) bond motifs is 1. The summed E-state index contributed by atoms with van der Waals surface area (Å²) in [7, 11) is 0.752. The van der Waals surface area contributed by atoms with Crippen molar-refractivity contribution in [3.63, 3.8) is 0 Å². The first-order valence-corrected chi connectivity index (χ1v) is 7.26. The van der Waals surface area contributed by atoms with E-state index in [4.69, 9.17) is 0 Å². The van der Waals surface area contributed by atoms with Crippen LogP contribution in [0.5, 0.6) is 0 Å². The highest BCUT2D eigenvalue weighted by Gasteiger charge is 2.09. The largest absolute Gasteiger partial charge is 0.320 e. The summed E-state index contributed by atoms with van der Waals surface area (Å²) in [6.07, 6.45) is 1.62. The van der Waals surface area contributed by atoms with Crippen molar-refractivity contribution in [1.82, 2.24) is 14.8 Å². The summed E-state index contributed by atoms with van der Waals surface area (Å²) < 4.78 is 14.1. The summed E-state index contributed by atoms with van der Waals surface area (Å²) in [4.78, 5) is 0.821. The molecule has 2 aromatic carbocycles. The van der Waals surface area contributed by atoms with Crippen LogP contribution < -0.4 is 0 Å². The Morgan fingerprint density at radius 2 is 1.95 bits per heavy atom. The van der Waals surface area contributed by atoms with E-state index in [0.717, 1.165) is 21.5 Å². The molecule has 19 heavy (non-hydrogen) atoms. The minimum Gasteiger partial charge on any atom is -0.320 e. The van der Waals surface area contributed by atoms with Crippen LogP contribution in [-0.4, -0.2) is 19.0 Å². The second kappa shape index (κ2) is 4.93. The SMILES string of the molecule is Cn1cnnc1C[S@](=O)c1ccc2ccccc2c1. The maximum absolute atomic E-state index is 12.3. The molecule has 0 bridgehead atoms. The monoisotopic (exact) mass is 271 g/mol. The Kier molecular flexibility index (Phi) is 3.13. The molecule has 3 rings (SSSR count). The highest BCUT2D eigenvalue weighted by Crippen LogP contribution is 2.19. The van der Waals surface area contributed by atoms with Crippen LogP contribution in [0.3, 0.4) is 0 Å². The van der Waals surface area contributed by atoms with Gasteiger partial charge in [0.25, 0.3) is 0 Å². The molecule has 1 aromatic heterocycles. The second-order valence-corrected chi connectivity index (χ2v) is 5.81. The zero-order valence-electron chi connectivity index (χ0n) is 10.5. The van der Waals surface area contributed by atoms with Crippen molar-refractivity contribution in [1.29, 1.82) is 0 Å². The zero-order valence-corrected chi connectivity index (χ0v) is 11.3. The topological polar surface area (TPSA) is 47.8 Å². The Bertz CT molecular complexity index is 751. The molecular formula is C14H13N3OS. The number of aryl methyl sites for hydroxylation is 1. The number of hydrogen-bond acceptors (Lipinski definition) is 3. The fraction of sp³-hybridized carbons (Fsp3) is 0.143. The maximum Gasteiger partial charge on any atom is 0.145 e. The molecule has 0 saturated carbocycles. The zero-order chi connectivity index (χ0) is 13.2. The van der Waals surface area contributed by atoms with Gasteiger partial charge in [-0.2, -0.15) is 0 Å². The number of aromatic nitrogens is 3. The number of hydrogen-bond donors (Lipinski definition) is 0. The average molecular weight is 271 g/mol. The van der Waals surface area contributed by atoms with E-state index in [-0.39, 0.29) is 0 Å². The normalized spacial score (nSPS) is 12.7. The van der Waals surface area contributed by atoms with Crippen molar-refractivity contribution in [2.75, 3.05) is 0 Å². The van der Waals surface area contributed by atoms with Gasteiger partial charge in [-0.1, -0.05) is 30.3 Å². The maximum atomic E-state index is 12.3. The van der Waals surface area contributed by atoms with Gasteiger partial charge in [-0.15, -0.1) is 10.2 Å². The van der Waals surface area contributed by atoms with Crippen LogP contribution >= 0.6 is 0 Å². The molecule has 0 aliphatic carbocycles. The van der Waals surface area contributed by atoms with E-state index < -0.39 is 10.8 Å². The quantitative estimate of drug-likeness (QED) is 0.734. The molecule has 0 saturated heterocycles. The first-order valence-electron chi connectivity index (χ1n) is 5.94. The Morgan fingerprint density at radius 1 is 1.16 bits per heavy atom. The van der Waals surface area contributed by atoms with Gasteiger partial charge < -0.3 is 4.57 Å². The Labute approximate surface area is 113 Å². The van der Waals surface area contributed by atoms with E-state index in [9.17, 15) is 4.21 Å². The molecule has 0 aliphatic rings. The van der Waals surface area contributed by atoms with Crippen molar-refractivity contribution in [2.24, 2.45) is 7.05 Å². The van der Waals surface area contributed by atoms with E-state index in [1.54, 1.807) is 10.9 Å². The van der Waals surface area contributed by atoms with E-state index in [2.05, 4.69) is 10.2 Å². The number of benzene rings is 2. The Hall–Kier alpha value is -2.01. The van der Waals surface area contributed by atoms with Gasteiger partial charge in [0.2, 0.25) is 0 Å². The van der Waals surface area contributed by atoms with E-state index >= 15 is 0 Å². The van der Waals surface area contributed by atoms with Gasteiger partial charge >= 0.3 is 0 Å². The van der Waals surface area contributed by atoms with Gasteiger partial charge in [-0.05, 0) is 22.9 Å². The van der Waals surface area contributed by atoms with Gasteiger partial charge in [0.1, 0.15) is 12.2 Å². The van der Waals surface area contributed by atoms with Gasteiger partial charge in [-0.25, -0.2) is 0 Å². The third-order valence-electron chi connectivity index (χ3n) is 3.05. The van der Waals surface area contributed by atoms with Crippen molar-refractivity contribution >= 4 is 21.6 Å². The fourth-order valence-corrected chi connectivity index (χ4v) is 3.09. The van der Waals surface area contributed by atoms with Crippen LogP contribution in [0.4, 0.5) is 0 Å². The lowest BCUT2D eigenvalue weighted by atomic mass is 10.1. The number of nitrogens with zero attached hydrogens (tertiary/aromatic N) is 3. The first-order chi connectivity index (χ1) is 9.24. The molecule has 0 amide bonds. The third kappa shape index (κ3) is 2.42. The fourth-order valence-electron chi connectivity index (χ4n) is 1.95.